The highest BCUT2D eigenvalue weighted by Gasteiger charge is 2.20. The molecule has 1 aliphatic heterocycles. The summed E-state index contributed by atoms with van der Waals surface area (Å²) in [6, 6.07) is 2.06. The van der Waals surface area contributed by atoms with E-state index in [1.807, 2.05) is 12.4 Å². The minimum absolute atomic E-state index is 0.373. The normalized spacial score (nSPS) is 16.1. The average Bonchev–Trinajstić information content (AvgIpc) is 2.49. The van der Waals surface area contributed by atoms with Gasteiger partial charge in [-0.1, -0.05) is 0 Å². The van der Waals surface area contributed by atoms with Crippen molar-refractivity contribution in [1.82, 2.24) is 19.9 Å². The van der Waals surface area contributed by atoms with E-state index in [-0.39, 0.29) is 0 Å². The molecule has 104 valence electrons. The number of nitrogen functional groups attached to an aromatic ring is 1. The molecular formula is C13H17N7. The van der Waals surface area contributed by atoms with Crippen LogP contribution >= 0.6 is 0 Å². The maximum absolute atomic E-state index is 5.65. The highest BCUT2D eigenvalue weighted by Crippen LogP contribution is 2.19. The van der Waals surface area contributed by atoms with Gasteiger partial charge in [-0.15, -0.1) is 0 Å². The molecular weight excluding hydrogens is 254 g/mol. The van der Waals surface area contributed by atoms with Gasteiger partial charge in [0.1, 0.15) is 12.1 Å². The summed E-state index contributed by atoms with van der Waals surface area (Å²) in [7, 11) is 0. The van der Waals surface area contributed by atoms with Gasteiger partial charge in [-0.2, -0.15) is 4.98 Å². The molecule has 0 atom stereocenters. The molecule has 2 aromatic rings. The number of hydrogen-bond acceptors (Lipinski definition) is 7. The number of hydrogen-bond donors (Lipinski definition) is 2. The van der Waals surface area contributed by atoms with E-state index in [1.165, 1.54) is 0 Å². The van der Waals surface area contributed by atoms with Crippen molar-refractivity contribution in [2.24, 2.45) is 0 Å². The second kappa shape index (κ2) is 5.68. The number of nitrogens with zero attached hydrogens (tertiary/aromatic N) is 5. The zero-order valence-corrected chi connectivity index (χ0v) is 11.1. The van der Waals surface area contributed by atoms with E-state index < -0.39 is 0 Å². The molecule has 0 bridgehead atoms. The molecule has 1 aliphatic rings. The Labute approximate surface area is 117 Å². The molecule has 3 rings (SSSR count). The first-order valence-electron chi connectivity index (χ1n) is 6.66. The monoisotopic (exact) mass is 271 g/mol. The van der Waals surface area contributed by atoms with Crippen molar-refractivity contribution in [2.75, 3.05) is 29.0 Å². The number of nitrogens with one attached hydrogen (secondary N) is 1. The molecule has 3 heterocycles. The Morgan fingerprint density at radius 3 is 2.65 bits per heavy atom. The molecule has 0 saturated carbocycles. The molecule has 2 aromatic heterocycles. The lowest BCUT2D eigenvalue weighted by atomic mass is 10.1. The first kappa shape index (κ1) is 12.6. The molecule has 1 fully saturated rings. The second-order valence-electron chi connectivity index (χ2n) is 4.81. The summed E-state index contributed by atoms with van der Waals surface area (Å²) in [4.78, 5) is 18.7. The van der Waals surface area contributed by atoms with Crippen LogP contribution in [0.25, 0.3) is 0 Å². The molecule has 0 unspecified atom stereocenters. The molecule has 3 N–H and O–H groups in total. The maximum Gasteiger partial charge on any atom is 0.224 e. The second-order valence-corrected chi connectivity index (χ2v) is 4.81. The topological polar surface area (TPSA) is 92.8 Å². The van der Waals surface area contributed by atoms with Gasteiger partial charge in [0, 0.05) is 25.3 Å². The Morgan fingerprint density at radius 1 is 1.20 bits per heavy atom. The van der Waals surface area contributed by atoms with Gasteiger partial charge in [-0.05, 0) is 18.9 Å². The van der Waals surface area contributed by atoms with Crippen molar-refractivity contribution in [3.8, 4) is 0 Å². The third-order valence-corrected chi connectivity index (χ3v) is 3.42. The largest absolute Gasteiger partial charge is 0.384 e. The van der Waals surface area contributed by atoms with Gasteiger partial charge >= 0.3 is 0 Å². The molecule has 0 aliphatic carbocycles. The van der Waals surface area contributed by atoms with Crippen molar-refractivity contribution in [2.45, 2.75) is 18.9 Å². The van der Waals surface area contributed by atoms with Gasteiger partial charge in [0.05, 0.1) is 18.1 Å². The zero-order valence-electron chi connectivity index (χ0n) is 11.1. The lowest BCUT2D eigenvalue weighted by molar-refractivity contribution is 0.523. The number of anilines is 3. The van der Waals surface area contributed by atoms with Crippen molar-refractivity contribution in [3.05, 3.63) is 31.0 Å². The van der Waals surface area contributed by atoms with E-state index in [0.29, 0.717) is 17.8 Å². The van der Waals surface area contributed by atoms with Gasteiger partial charge in [0.25, 0.3) is 0 Å². The average molecular weight is 271 g/mol. The first-order chi connectivity index (χ1) is 9.81. The molecule has 7 heteroatoms. The fourth-order valence-corrected chi connectivity index (χ4v) is 2.36. The highest BCUT2D eigenvalue weighted by atomic mass is 15.2. The molecule has 1 saturated heterocycles. The van der Waals surface area contributed by atoms with Crippen LogP contribution in [-0.4, -0.2) is 39.1 Å². The predicted molar refractivity (Wildman–Crippen MR) is 77.3 cm³/mol. The first-order valence-corrected chi connectivity index (χ1v) is 6.66. The summed E-state index contributed by atoms with van der Waals surface area (Å²) in [5.74, 6) is 1.09. The van der Waals surface area contributed by atoms with Crippen LogP contribution in [0.4, 0.5) is 17.5 Å². The van der Waals surface area contributed by atoms with Gasteiger partial charge in [-0.3, -0.25) is 0 Å². The Hall–Kier alpha value is -2.44. The molecule has 7 nitrogen and oxygen atoms in total. The predicted octanol–water partition coefficient (Wildman–Crippen LogP) is 0.930. The van der Waals surface area contributed by atoms with Gasteiger partial charge in [-0.25, -0.2) is 15.0 Å². The van der Waals surface area contributed by atoms with Gasteiger partial charge in [0.2, 0.25) is 5.95 Å². The Balaban J connectivity index is 1.56. The molecule has 0 spiro atoms. The smallest absolute Gasteiger partial charge is 0.224 e. The molecule has 0 aromatic carbocycles. The third-order valence-electron chi connectivity index (χ3n) is 3.42. The standard InChI is InChI=1S/C13H17N7/c14-12-1-4-17-13(19-12)18-10-2-5-20(6-3-10)11-7-15-9-16-8-11/h1,4,7-10H,2-3,5-6H2,(H3,14,17,18,19). The van der Waals surface area contributed by atoms with Gasteiger partial charge < -0.3 is 16.0 Å². The van der Waals surface area contributed by atoms with Crippen LogP contribution in [-0.2, 0) is 0 Å². The summed E-state index contributed by atoms with van der Waals surface area (Å²) in [6.45, 7) is 1.93. The van der Waals surface area contributed by atoms with Crippen molar-refractivity contribution in [3.63, 3.8) is 0 Å². The molecule has 0 amide bonds. The maximum atomic E-state index is 5.65. The van der Waals surface area contributed by atoms with E-state index in [2.05, 4.69) is 30.2 Å². The van der Waals surface area contributed by atoms with Crippen LogP contribution in [0.5, 0.6) is 0 Å². The fourth-order valence-electron chi connectivity index (χ4n) is 2.36. The van der Waals surface area contributed by atoms with Gasteiger partial charge in [0.15, 0.2) is 0 Å². The minimum Gasteiger partial charge on any atom is -0.384 e. The lowest BCUT2D eigenvalue weighted by Gasteiger charge is -2.33. The van der Waals surface area contributed by atoms with Crippen LogP contribution < -0.4 is 16.0 Å². The van der Waals surface area contributed by atoms with Crippen LogP contribution in [0.1, 0.15) is 12.8 Å². The van der Waals surface area contributed by atoms with Crippen molar-refractivity contribution < 1.29 is 0 Å². The van der Waals surface area contributed by atoms with E-state index >= 15 is 0 Å². The van der Waals surface area contributed by atoms with Crippen molar-refractivity contribution >= 4 is 17.5 Å². The number of aromatic nitrogens is 4. The number of rotatable bonds is 3. The summed E-state index contributed by atoms with van der Waals surface area (Å²) >= 11 is 0. The minimum atomic E-state index is 0.373. The summed E-state index contributed by atoms with van der Waals surface area (Å²) in [5, 5.41) is 3.33. The zero-order chi connectivity index (χ0) is 13.8. The Bertz CT molecular complexity index is 552. The summed E-state index contributed by atoms with van der Waals surface area (Å²) in [6.07, 6.45) is 8.96. The van der Waals surface area contributed by atoms with Crippen LogP contribution in [0.15, 0.2) is 31.0 Å². The van der Waals surface area contributed by atoms with E-state index in [0.717, 1.165) is 31.6 Å². The molecule has 20 heavy (non-hydrogen) atoms. The highest BCUT2D eigenvalue weighted by molar-refractivity contribution is 5.42. The Kier molecular flexibility index (Phi) is 3.58. The molecule has 0 radical (unpaired) electrons. The third kappa shape index (κ3) is 2.93. The Morgan fingerprint density at radius 2 is 1.95 bits per heavy atom. The quantitative estimate of drug-likeness (QED) is 0.857. The van der Waals surface area contributed by atoms with E-state index in [9.17, 15) is 0 Å². The number of nitrogens with two attached hydrogens (primary N) is 1. The van der Waals surface area contributed by atoms with Crippen molar-refractivity contribution in [1.29, 1.82) is 0 Å². The fraction of sp³-hybridized carbons (Fsp3) is 0.385. The van der Waals surface area contributed by atoms with Crippen LogP contribution in [0.2, 0.25) is 0 Å². The van der Waals surface area contributed by atoms with E-state index in [1.54, 1.807) is 18.6 Å². The SMILES string of the molecule is Nc1ccnc(NC2CCN(c3cncnc3)CC2)n1. The summed E-state index contributed by atoms with van der Waals surface area (Å²) in [5.41, 5.74) is 6.72. The number of piperidine rings is 1. The lowest BCUT2D eigenvalue weighted by Crippen LogP contribution is -2.39. The summed E-state index contributed by atoms with van der Waals surface area (Å²) < 4.78 is 0. The van der Waals surface area contributed by atoms with E-state index in [4.69, 9.17) is 5.73 Å². The van der Waals surface area contributed by atoms with Crippen LogP contribution in [0.3, 0.4) is 0 Å². The van der Waals surface area contributed by atoms with Crippen LogP contribution in [0, 0.1) is 0 Å².